The summed E-state index contributed by atoms with van der Waals surface area (Å²) in [6.45, 7) is 34.2. The summed E-state index contributed by atoms with van der Waals surface area (Å²) in [5, 5.41) is 36.9. The molecule has 9 rings (SSSR count). The quantitative estimate of drug-likeness (QED) is 0.0528. The number of rotatable bonds is 24. The summed E-state index contributed by atoms with van der Waals surface area (Å²) < 4.78 is 40.3. The average Bonchev–Trinajstić information content (AvgIpc) is 0.856. The Morgan fingerprint density at radius 3 is 0.604 bits per heavy atom. The molecule has 0 fully saturated rings. The van der Waals surface area contributed by atoms with Gasteiger partial charge in [0.1, 0.15) is 98.4 Å². The zero-order chi connectivity index (χ0) is 70.1. The molecular weight excluding hydrogens is 1200 g/mol. The van der Waals surface area contributed by atoms with E-state index in [2.05, 4.69) is 282 Å². The smallest absolute Gasteiger partial charge is 0.137 e. The molecule has 8 aromatic rings. The van der Waals surface area contributed by atoms with Crippen LogP contribution < -0.4 is 18.9 Å². The van der Waals surface area contributed by atoms with Crippen LogP contribution in [0.4, 0.5) is 0 Å². The van der Waals surface area contributed by atoms with E-state index in [1.807, 2.05) is 18.7 Å². The highest BCUT2D eigenvalue weighted by Crippen LogP contribution is 2.45. The molecule has 0 N–H and O–H groups in total. The van der Waals surface area contributed by atoms with E-state index in [9.17, 15) is 0 Å². The van der Waals surface area contributed by atoms with E-state index in [1.54, 1.807) is 0 Å². The van der Waals surface area contributed by atoms with Gasteiger partial charge in [0, 0.05) is 25.7 Å². The normalized spacial score (nSPS) is 13.8. The molecule has 0 radical (unpaired) electrons. The van der Waals surface area contributed by atoms with E-state index in [0.29, 0.717) is 78.3 Å². The minimum atomic E-state index is -0.238. The average molecular weight is 1320 g/mol. The van der Waals surface area contributed by atoms with Gasteiger partial charge in [0.15, 0.2) is 0 Å². The van der Waals surface area contributed by atoms with E-state index < -0.39 is 0 Å². The van der Waals surface area contributed by atoms with Gasteiger partial charge in [0.2, 0.25) is 0 Å². The number of ether oxygens (including phenoxy) is 4. The van der Waals surface area contributed by atoms with Gasteiger partial charge in [-0.15, -0.1) is 20.4 Å². The zero-order valence-corrected chi connectivity index (χ0v) is 63.0. The highest BCUT2D eigenvalue weighted by molar-refractivity contribution is 5.60. The van der Waals surface area contributed by atoms with E-state index in [1.165, 1.54) is 22.3 Å². The second-order valence-corrected chi connectivity index (χ2v) is 35.3. The molecule has 0 atom stereocenters. The van der Waals surface area contributed by atoms with Crippen molar-refractivity contribution < 1.29 is 36.9 Å². The lowest BCUT2D eigenvalue weighted by Crippen LogP contribution is -2.33. The molecule has 20 nitrogen and oxygen atoms in total. The number of benzene rings is 4. The van der Waals surface area contributed by atoms with Crippen molar-refractivity contribution in [2.75, 3.05) is 111 Å². The lowest BCUT2D eigenvalue weighted by molar-refractivity contribution is -0.884. The van der Waals surface area contributed by atoms with E-state index in [-0.39, 0.29) is 21.7 Å². The largest absolute Gasteiger partial charge is 0.491 e. The Morgan fingerprint density at radius 2 is 0.458 bits per heavy atom. The van der Waals surface area contributed by atoms with Crippen LogP contribution >= 0.6 is 0 Å². The van der Waals surface area contributed by atoms with Crippen LogP contribution in [-0.2, 0) is 99.7 Å². The van der Waals surface area contributed by atoms with Gasteiger partial charge < -0.3 is 36.9 Å². The van der Waals surface area contributed by atoms with Gasteiger partial charge in [-0.2, -0.15) is 0 Å². The first-order valence-corrected chi connectivity index (χ1v) is 34.4. The highest BCUT2D eigenvalue weighted by Gasteiger charge is 2.31. The third kappa shape index (κ3) is 20.3. The second-order valence-electron chi connectivity index (χ2n) is 35.3. The predicted octanol–water partition coefficient (Wildman–Crippen LogP) is 11.1. The van der Waals surface area contributed by atoms with Crippen LogP contribution in [0.2, 0.25) is 0 Å². The van der Waals surface area contributed by atoms with Crippen LogP contribution in [-0.4, -0.2) is 189 Å². The zero-order valence-electron chi connectivity index (χ0n) is 63.0. The molecule has 0 saturated carbocycles. The fraction of sp³-hybridized carbons (Fsp3) is 0.579. The number of hydrogen-bond acceptors (Lipinski definition) is 12. The first-order valence-electron chi connectivity index (χ1n) is 34.4. The number of fused-ring (bicyclic) bond motifs is 8. The van der Waals surface area contributed by atoms with Gasteiger partial charge in [-0.1, -0.05) is 152 Å². The third-order valence-corrected chi connectivity index (χ3v) is 17.1. The van der Waals surface area contributed by atoms with Crippen LogP contribution in [0.1, 0.15) is 173 Å². The monoisotopic (exact) mass is 1320 g/mol. The van der Waals surface area contributed by atoms with Crippen molar-refractivity contribution in [3.63, 3.8) is 0 Å². The van der Waals surface area contributed by atoms with Crippen molar-refractivity contribution in [2.24, 2.45) is 0 Å². The molecule has 4 aromatic heterocycles. The third-order valence-electron chi connectivity index (χ3n) is 17.1. The Bertz CT molecular complexity index is 3360. The summed E-state index contributed by atoms with van der Waals surface area (Å²) >= 11 is 0. The van der Waals surface area contributed by atoms with Gasteiger partial charge >= 0.3 is 0 Å². The van der Waals surface area contributed by atoms with Crippen LogP contribution in [0.3, 0.4) is 0 Å². The van der Waals surface area contributed by atoms with E-state index in [0.717, 1.165) is 134 Å². The summed E-state index contributed by atoms with van der Waals surface area (Å²) in [5.41, 5.74) is 16.2. The molecule has 8 bridgehead atoms. The molecule has 0 unspecified atom stereocenters. The maximum Gasteiger partial charge on any atom is 0.137 e. The molecule has 4 aromatic carbocycles. The summed E-state index contributed by atoms with van der Waals surface area (Å²) in [6.07, 6.45) is 10.3. The van der Waals surface area contributed by atoms with Crippen LogP contribution in [0, 0.1) is 0 Å². The van der Waals surface area contributed by atoms with E-state index >= 15 is 0 Å². The maximum absolute atomic E-state index is 7.41. The summed E-state index contributed by atoms with van der Waals surface area (Å²) in [6, 6.07) is 19.1. The fourth-order valence-electron chi connectivity index (χ4n) is 12.4. The second kappa shape index (κ2) is 28.1. The summed E-state index contributed by atoms with van der Waals surface area (Å²) in [7, 11) is 26.0. The molecule has 96 heavy (non-hydrogen) atoms. The van der Waals surface area contributed by atoms with Crippen LogP contribution in [0.5, 0.6) is 23.0 Å². The number of nitrogens with zero attached hydrogens (tertiary/aromatic N) is 16. The van der Waals surface area contributed by atoms with E-state index in [4.69, 9.17) is 18.9 Å². The summed E-state index contributed by atoms with van der Waals surface area (Å²) in [5.74, 6) is 3.38. The van der Waals surface area contributed by atoms with Crippen molar-refractivity contribution in [1.82, 2.24) is 60.0 Å². The first kappa shape index (κ1) is 72.7. The number of hydrogen-bond donors (Lipinski definition) is 0. The predicted molar refractivity (Wildman–Crippen MR) is 381 cm³/mol. The van der Waals surface area contributed by atoms with Gasteiger partial charge in [-0.3, -0.25) is 0 Å². The Hall–Kier alpha value is -7.52. The first-order chi connectivity index (χ1) is 44.5. The Balaban J connectivity index is 1.29. The van der Waals surface area contributed by atoms with Crippen molar-refractivity contribution >= 4 is 0 Å². The molecule has 1 aliphatic rings. The molecule has 0 spiro atoms. The van der Waals surface area contributed by atoms with Crippen LogP contribution in [0.25, 0.3) is 0 Å². The van der Waals surface area contributed by atoms with Gasteiger partial charge in [0.05, 0.1) is 136 Å². The van der Waals surface area contributed by atoms with Crippen LogP contribution in [0.15, 0.2) is 73.3 Å². The van der Waals surface area contributed by atoms with Crippen molar-refractivity contribution in [3.8, 4) is 23.0 Å². The number of aromatic nitrogens is 12. The van der Waals surface area contributed by atoms with Crippen molar-refractivity contribution in [1.29, 1.82) is 0 Å². The topological polar surface area (TPSA) is 160 Å². The van der Waals surface area contributed by atoms with Gasteiger partial charge in [0.25, 0.3) is 0 Å². The molecule has 20 heteroatoms. The minimum absolute atomic E-state index is 0.238. The van der Waals surface area contributed by atoms with Crippen molar-refractivity contribution in [2.45, 2.75) is 183 Å². The maximum atomic E-state index is 7.41. The summed E-state index contributed by atoms with van der Waals surface area (Å²) in [4.78, 5) is 0. The SMILES string of the molecule is CC(C)(C)c1cc2c(OCCn3cc(C[N+](C)(C)C)nn3)c(c1)Cc1cc(C(C)(C)C)cc(c1OCCn1cc(C[N+](C)(C)C)nn1)Cc1cc(C(C)(C)C)cc(c1OCCn1cc(C[N+](C)(C)C)nn1)Cc1cc(C(C)(C)C)cc(c1OCCn1cc(C[N+](C)(C)C)nn1)C2. The highest BCUT2D eigenvalue weighted by atomic mass is 16.5. The molecule has 1 aliphatic carbocycles. The Kier molecular flexibility index (Phi) is 21.3. The molecule has 0 saturated heterocycles. The lowest BCUT2D eigenvalue weighted by atomic mass is 9.79. The standard InChI is InChI=1S/C76H116N16O4/c1-73(2,3)61-37-53-33-55-39-62(74(4,5)6)41-57(70(55)94-30-26-86-46-66(78-82-86)50-90(16,17)18)35-59-43-64(76(10,11)12)44-60(72(59)96-32-28-88-48-68(80-84-88)52-92(22,23)24)36-58-42-63(75(7,8)9)40-56(71(58)95-31-27-87-47-67(79-83-87)51-91(19,20)21)34-54(38-61)69(53)93-29-25-85-45-65(77-81-85)49-89(13,14)15/h37-48H,25-36,49-52H2,1-24H3/q+4. The van der Waals surface area contributed by atoms with Gasteiger partial charge in [-0.05, 0) is 88.4 Å². The molecule has 0 aliphatic heterocycles. The number of quaternary nitrogens is 4. The molecule has 0 amide bonds. The lowest BCUT2D eigenvalue weighted by Gasteiger charge is -2.29. The molecule has 4 heterocycles. The minimum Gasteiger partial charge on any atom is -0.491 e. The van der Waals surface area contributed by atoms with Crippen molar-refractivity contribution in [3.05, 3.63) is 163 Å². The fourth-order valence-corrected chi connectivity index (χ4v) is 12.4. The molecular formula is C76H116N16O4+4. The Morgan fingerprint density at radius 1 is 0.292 bits per heavy atom. The Labute approximate surface area is 573 Å². The molecule has 520 valence electrons. The van der Waals surface area contributed by atoms with Gasteiger partial charge in [-0.25, -0.2) is 18.7 Å².